The molecule has 6 nitrogen and oxygen atoms in total. The number of piperidine rings is 1. The smallest absolute Gasteiger partial charge is 0.367 e. The predicted octanol–water partition coefficient (Wildman–Crippen LogP) is 2.24. The fourth-order valence-electron chi connectivity index (χ4n) is 2.56. The van der Waals surface area contributed by atoms with E-state index in [2.05, 4.69) is 9.88 Å². The molecule has 1 aromatic rings. The zero-order chi connectivity index (χ0) is 15.9. The Hall–Kier alpha value is -1.47. The first kappa shape index (κ1) is 16.9. The van der Waals surface area contributed by atoms with Gasteiger partial charge < -0.3 is 9.47 Å². The van der Waals surface area contributed by atoms with Crippen LogP contribution in [-0.4, -0.2) is 47.6 Å². The van der Waals surface area contributed by atoms with Crippen molar-refractivity contribution in [2.75, 3.05) is 19.8 Å². The average Bonchev–Trinajstić information content (AvgIpc) is 2.97. The van der Waals surface area contributed by atoms with Crippen molar-refractivity contribution < 1.29 is 19.1 Å². The minimum absolute atomic E-state index is 0.164. The minimum atomic E-state index is -0.390. The molecule has 0 aromatic carbocycles. The molecule has 0 aliphatic carbocycles. The second kappa shape index (κ2) is 8.24. The Balaban J connectivity index is 2.01. The fraction of sp³-hybridized carbons (Fsp3) is 0.667. The van der Waals surface area contributed by atoms with Crippen LogP contribution in [-0.2, 0) is 20.8 Å². The van der Waals surface area contributed by atoms with E-state index in [0.717, 1.165) is 31.5 Å². The number of carbonyl (C=O) groups excluding carboxylic acids is 2. The van der Waals surface area contributed by atoms with Gasteiger partial charge in [0.1, 0.15) is 6.04 Å². The summed E-state index contributed by atoms with van der Waals surface area (Å²) >= 11 is 1.28. The van der Waals surface area contributed by atoms with Gasteiger partial charge in [0.15, 0.2) is 0 Å². The van der Waals surface area contributed by atoms with Gasteiger partial charge in [-0.15, -0.1) is 11.3 Å². The number of aromatic nitrogens is 1. The van der Waals surface area contributed by atoms with Crippen molar-refractivity contribution in [2.24, 2.45) is 0 Å². The van der Waals surface area contributed by atoms with E-state index in [-0.39, 0.29) is 18.0 Å². The van der Waals surface area contributed by atoms with E-state index < -0.39 is 0 Å². The number of carbonyl (C=O) groups is 2. The van der Waals surface area contributed by atoms with Gasteiger partial charge in [0.25, 0.3) is 0 Å². The number of likely N-dealkylation sites (tertiary alicyclic amines) is 1. The van der Waals surface area contributed by atoms with Gasteiger partial charge >= 0.3 is 11.9 Å². The van der Waals surface area contributed by atoms with Gasteiger partial charge in [-0.25, -0.2) is 9.78 Å². The lowest BCUT2D eigenvalue weighted by molar-refractivity contribution is -0.151. The van der Waals surface area contributed by atoms with E-state index in [1.54, 1.807) is 6.92 Å². The highest BCUT2D eigenvalue weighted by molar-refractivity contribution is 7.11. The topological polar surface area (TPSA) is 68.7 Å². The van der Waals surface area contributed by atoms with Crippen molar-refractivity contribution in [1.82, 2.24) is 9.88 Å². The van der Waals surface area contributed by atoms with Crippen LogP contribution in [0.1, 0.15) is 48.6 Å². The molecule has 1 aliphatic rings. The van der Waals surface area contributed by atoms with Crippen molar-refractivity contribution in [1.29, 1.82) is 0 Å². The lowest BCUT2D eigenvalue weighted by atomic mass is 10.0. The van der Waals surface area contributed by atoms with Crippen molar-refractivity contribution in [3.8, 4) is 0 Å². The van der Waals surface area contributed by atoms with Crippen molar-refractivity contribution in [3.05, 3.63) is 16.1 Å². The Bertz CT molecular complexity index is 517. The molecule has 1 fully saturated rings. The molecule has 0 saturated carbocycles. The van der Waals surface area contributed by atoms with Gasteiger partial charge in [0.05, 0.1) is 18.9 Å². The molecule has 0 radical (unpaired) electrons. The number of ether oxygens (including phenoxy) is 2. The van der Waals surface area contributed by atoms with Gasteiger partial charge in [-0.1, -0.05) is 6.42 Å². The predicted molar refractivity (Wildman–Crippen MR) is 82.8 cm³/mol. The maximum Gasteiger partial charge on any atom is 0.367 e. The number of nitrogens with zero attached hydrogens (tertiary/aromatic N) is 2. The van der Waals surface area contributed by atoms with Crippen LogP contribution in [0.2, 0.25) is 0 Å². The summed E-state index contributed by atoms with van der Waals surface area (Å²) in [6.45, 7) is 5.72. The van der Waals surface area contributed by atoms with Crippen molar-refractivity contribution >= 4 is 23.3 Å². The molecule has 0 amide bonds. The van der Waals surface area contributed by atoms with Crippen LogP contribution < -0.4 is 0 Å². The molecule has 7 heteroatoms. The van der Waals surface area contributed by atoms with Gasteiger partial charge in [-0.2, -0.15) is 0 Å². The summed E-state index contributed by atoms with van der Waals surface area (Å²) in [5.74, 6) is -0.553. The third kappa shape index (κ3) is 4.27. The molecule has 1 unspecified atom stereocenters. The van der Waals surface area contributed by atoms with Crippen molar-refractivity contribution in [3.63, 3.8) is 0 Å². The Morgan fingerprint density at radius 2 is 2.09 bits per heavy atom. The van der Waals surface area contributed by atoms with Crippen LogP contribution in [0, 0.1) is 0 Å². The third-order valence-corrected chi connectivity index (χ3v) is 4.41. The zero-order valence-electron chi connectivity index (χ0n) is 13.0. The number of esters is 2. The normalized spacial score (nSPS) is 18.9. The highest BCUT2D eigenvalue weighted by Crippen LogP contribution is 2.22. The Morgan fingerprint density at radius 3 is 2.82 bits per heavy atom. The molecule has 2 rings (SSSR count). The first-order valence-electron chi connectivity index (χ1n) is 7.67. The van der Waals surface area contributed by atoms with Crippen LogP contribution in [0.4, 0.5) is 0 Å². The summed E-state index contributed by atoms with van der Waals surface area (Å²) in [6, 6.07) is -0.207. The van der Waals surface area contributed by atoms with Gasteiger partial charge in [-0.3, -0.25) is 9.69 Å². The third-order valence-electron chi connectivity index (χ3n) is 3.54. The summed E-state index contributed by atoms with van der Waals surface area (Å²) in [5.41, 5.74) is 0.796. The van der Waals surface area contributed by atoms with Crippen LogP contribution in [0.15, 0.2) is 5.38 Å². The molecule has 0 spiro atoms. The Morgan fingerprint density at radius 1 is 1.32 bits per heavy atom. The van der Waals surface area contributed by atoms with Crippen molar-refractivity contribution in [2.45, 2.75) is 45.7 Å². The molecular weight excluding hydrogens is 304 g/mol. The molecule has 122 valence electrons. The monoisotopic (exact) mass is 326 g/mol. The van der Waals surface area contributed by atoms with Gasteiger partial charge in [0.2, 0.25) is 5.01 Å². The zero-order valence-corrected chi connectivity index (χ0v) is 13.9. The molecule has 1 saturated heterocycles. The highest BCUT2D eigenvalue weighted by atomic mass is 32.1. The maximum absolute atomic E-state index is 12.0. The SMILES string of the molecule is CCOC(=O)c1nc(CN2CCCCC2C(=O)OCC)cs1. The van der Waals surface area contributed by atoms with Gasteiger partial charge in [0, 0.05) is 11.9 Å². The van der Waals surface area contributed by atoms with E-state index in [9.17, 15) is 9.59 Å². The second-order valence-corrected chi connectivity index (χ2v) is 5.96. The molecule has 22 heavy (non-hydrogen) atoms. The summed E-state index contributed by atoms with van der Waals surface area (Å²) in [5, 5.41) is 2.21. The van der Waals surface area contributed by atoms with E-state index in [1.165, 1.54) is 11.3 Å². The first-order chi connectivity index (χ1) is 10.7. The first-order valence-corrected chi connectivity index (χ1v) is 8.55. The molecule has 0 N–H and O–H groups in total. The van der Waals surface area contributed by atoms with Crippen LogP contribution in [0.25, 0.3) is 0 Å². The summed E-state index contributed by atoms with van der Waals surface area (Å²) < 4.78 is 10.1. The standard InChI is InChI=1S/C15H22N2O4S/c1-3-20-14(18)12-7-5-6-8-17(12)9-11-10-22-13(16-11)15(19)21-4-2/h10,12H,3-9H2,1-2H3. The Labute approximate surface area is 134 Å². The fourth-order valence-corrected chi connectivity index (χ4v) is 3.26. The van der Waals surface area contributed by atoms with E-state index in [0.29, 0.717) is 24.8 Å². The maximum atomic E-state index is 12.0. The molecule has 1 aromatic heterocycles. The number of hydrogen-bond donors (Lipinski definition) is 0. The molecule has 0 bridgehead atoms. The summed E-state index contributed by atoms with van der Waals surface area (Å²) in [7, 11) is 0. The van der Waals surface area contributed by atoms with Crippen LogP contribution in [0.3, 0.4) is 0 Å². The van der Waals surface area contributed by atoms with E-state index in [4.69, 9.17) is 9.47 Å². The molecule has 1 aliphatic heterocycles. The molecule has 2 heterocycles. The Kier molecular flexibility index (Phi) is 6.33. The van der Waals surface area contributed by atoms with E-state index >= 15 is 0 Å². The quantitative estimate of drug-likeness (QED) is 0.747. The summed E-state index contributed by atoms with van der Waals surface area (Å²) in [4.78, 5) is 30.1. The molecular formula is C15H22N2O4S. The molecule has 1 atom stereocenters. The average molecular weight is 326 g/mol. The number of rotatable bonds is 6. The van der Waals surface area contributed by atoms with Crippen LogP contribution >= 0.6 is 11.3 Å². The number of thiazole rings is 1. The number of hydrogen-bond acceptors (Lipinski definition) is 7. The highest BCUT2D eigenvalue weighted by Gasteiger charge is 2.30. The lowest BCUT2D eigenvalue weighted by Gasteiger charge is -2.33. The summed E-state index contributed by atoms with van der Waals surface area (Å²) in [6.07, 6.45) is 2.91. The van der Waals surface area contributed by atoms with E-state index in [1.807, 2.05) is 12.3 Å². The lowest BCUT2D eigenvalue weighted by Crippen LogP contribution is -2.45. The minimum Gasteiger partial charge on any atom is -0.465 e. The van der Waals surface area contributed by atoms with Crippen LogP contribution in [0.5, 0.6) is 0 Å². The second-order valence-electron chi connectivity index (χ2n) is 5.10. The van der Waals surface area contributed by atoms with Gasteiger partial charge in [-0.05, 0) is 33.2 Å². The largest absolute Gasteiger partial charge is 0.465 e.